The molecule has 0 amide bonds. The van der Waals surface area contributed by atoms with Crippen LogP contribution in [-0.4, -0.2) is 0 Å². The summed E-state index contributed by atoms with van der Waals surface area (Å²) in [6.07, 6.45) is 2.24. The molecule has 0 saturated carbocycles. The van der Waals surface area contributed by atoms with Gasteiger partial charge in [-0.3, -0.25) is 0 Å². The smallest absolute Gasteiger partial charge is 0.0636 e. The first-order chi connectivity index (χ1) is 7.86. The monoisotopic (exact) mass is 252 g/mol. The van der Waals surface area contributed by atoms with Gasteiger partial charge in [-0.05, 0) is 35.3 Å². The van der Waals surface area contributed by atoms with E-state index in [0.717, 1.165) is 12.8 Å². The van der Waals surface area contributed by atoms with E-state index in [1.54, 1.807) is 0 Å². The van der Waals surface area contributed by atoms with E-state index in [1.165, 1.54) is 11.1 Å². The summed E-state index contributed by atoms with van der Waals surface area (Å²) in [5.41, 5.74) is 2.80. The van der Waals surface area contributed by atoms with E-state index in [-0.39, 0.29) is 10.8 Å². The summed E-state index contributed by atoms with van der Waals surface area (Å²) in [5, 5.41) is 0.0978. The number of hydrogen-bond donors (Lipinski definition) is 0. The Morgan fingerprint density at radius 3 is 2.06 bits per heavy atom. The maximum absolute atomic E-state index is 6.56. The van der Waals surface area contributed by atoms with Crippen LogP contribution in [-0.2, 0) is 6.42 Å². The zero-order chi connectivity index (χ0) is 13.1. The van der Waals surface area contributed by atoms with E-state index in [1.807, 2.05) is 0 Å². The quantitative estimate of drug-likeness (QED) is 0.599. The highest BCUT2D eigenvalue weighted by molar-refractivity contribution is 6.21. The van der Waals surface area contributed by atoms with Crippen LogP contribution in [0.2, 0.25) is 0 Å². The summed E-state index contributed by atoms with van der Waals surface area (Å²) in [6.45, 7) is 11.2. The second-order valence-electron chi connectivity index (χ2n) is 6.04. The lowest BCUT2D eigenvalue weighted by molar-refractivity contribution is 0.336. The maximum Gasteiger partial charge on any atom is 0.0636 e. The third-order valence-corrected chi connectivity index (χ3v) is 4.36. The average Bonchev–Trinajstić information content (AvgIpc) is 2.28. The van der Waals surface area contributed by atoms with Crippen LogP contribution < -0.4 is 0 Å². The highest BCUT2D eigenvalue weighted by Crippen LogP contribution is 2.41. The van der Waals surface area contributed by atoms with Crippen LogP contribution in [0.15, 0.2) is 24.3 Å². The number of rotatable bonds is 5. The van der Waals surface area contributed by atoms with Gasteiger partial charge in [-0.2, -0.15) is 0 Å². The Labute approximate surface area is 111 Å². The number of hydrogen-bond acceptors (Lipinski definition) is 0. The van der Waals surface area contributed by atoms with Gasteiger partial charge in [0.15, 0.2) is 0 Å². The molecule has 0 aliphatic heterocycles. The first-order valence-corrected chi connectivity index (χ1v) is 7.03. The second kappa shape index (κ2) is 5.91. The SMILES string of the molecule is CCC(C)(C)C(Cl)c1ccc(CC(C)C)cc1. The Balaban J connectivity index is 2.80. The van der Waals surface area contributed by atoms with Crippen LogP contribution in [0, 0.1) is 11.3 Å². The van der Waals surface area contributed by atoms with Gasteiger partial charge >= 0.3 is 0 Å². The van der Waals surface area contributed by atoms with Crippen molar-refractivity contribution in [2.75, 3.05) is 0 Å². The molecule has 0 aliphatic rings. The van der Waals surface area contributed by atoms with E-state index >= 15 is 0 Å². The van der Waals surface area contributed by atoms with Gasteiger partial charge in [0.1, 0.15) is 0 Å². The Morgan fingerprint density at radius 1 is 1.12 bits per heavy atom. The minimum absolute atomic E-state index is 0.0978. The van der Waals surface area contributed by atoms with Crippen molar-refractivity contribution in [1.82, 2.24) is 0 Å². The predicted molar refractivity (Wildman–Crippen MR) is 77.7 cm³/mol. The number of benzene rings is 1. The second-order valence-corrected chi connectivity index (χ2v) is 6.48. The molecule has 96 valence electrons. The van der Waals surface area contributed by atoms with Crippen molar-refractivity contribution in [3.8, 4) is 0 Å². The Bertz CT molecular complexity index is 335. The molecule has 0 nitrogen and oxygen atoms in total. The standard InChI is InChI=1S/C16H25Cl/c1-6-16(4,5)15(17)14-9-7-13(8-10-14)11-12(2)3/h7-10,12,15H,6,11H2,1-5H3. The average molecular weight is 253 g/mol. The topological polar surface area (TPSA) is 0 Å². The predicted octanol–water partition coefficient (Wildman–Crippen LogP) is 5.60. The normalized spacial score (nSPS) is 14.1. The summed E-state index contributed by atoms with van der Waals surface area (Å²) in [5.74, 6) is 0.708. The molecule has 0 spiro atoms. The van der Waals surface area contributed by atoms with Crippen LogP contribution in [0.25, 0.3) is 0 Å². The van der Waals surface area contributed by atoms with Crippen molar-refractivity contribution in [3.05, 3.63) is 35.4 Å². The molecule has 0 bridgehead atoms. The fourth-order valence-electron chi connectivity index (χ4n) is 1.92. The molecule has 1 heteroatoms. The highest BCUT2D eigenvalue weighted by Gasteiger charge is 2.26. The van der Waals surface area contributed by atoms with Crippen molar-refractivity contribution >= 4 is 11.6 Å². The summed E-state index contributed by atoms with van der Waals surface area (Å²) in [7, 11) is 0. The number of halogens is 1. The summed E-state index contributed by atoms with van der Waals surface area (Å²) >= 11 is 6.56. The van der Waals surface area contributed by atoms with Gasteiger partial charge < -0.3 is 0 Å². The van der Waals surface area contributed by atoms with Crippen molar-refractivity contribution in [1.29, 1.82) is 0 Å². The van der Waals surface area contributed by atoms with Crippen LogP contribution in [0.1, 0.15) is 57.5 Å². The lowest BCUT2D eigenvalue weighted by Crippen LogP contribution is -2.16. The molecule has 0 saturated heterocycles. The van der Waals surface area contributed by atoms with Crippen LogP contribution >= 0.6 is 11.6 Å². The summed E-state index contributed by atoms with van der Waals surface area (Å²) in [6, 6.07) is 8.81. The molecule has 0 N–H and O–H groups in total. The molecular weight excluding hydrogens is 228 g/mol. The van der Waals surface area contributed by atoms with Crippen molar-refractivity contribution < 1.29 is 0 Å². The molecule has 0 fully saturated rings. The molecule has 0 aromatic heterocycles. The summed E-state index contributed by atoms with van der Waals surface area (Å²) < 4.78 is 0. The Hall–Kier alpha value is -0.490. The first-order valence-electron chi connectivity index (χ1n) is 6.59. The molecule has 1 atom stereocenters. The molecule has 1 rings (SSSR count). The van der Waals surface area contributed by atoms with Gasteiger partial charge in [0.25, 0.3) is 0 Å². The zero-order valence-electron chi connectivity index (χ0n) is 11.8. The summed E-state index contributed by atoms with van der Waals surface area (Å²) in [4.78, 5) is 0. The van der Waals surface area contributed by atoms with Crippen molar-refractivity contribution in [2.24, 2.45) is 11.3 Å². The molecule has 1 unspecified atom stereocenters. The van der Waals surface area contributed by atoms with E-state index in [0.29, 0.717) is 5.92 Å². The van der Waals surface area contributed by atoms with Crippen molar-refractivity contribution in [2.45, 2.75) is 52.8 Å². The number of alkyl halides is 1. The molecule has 0 radical (unpaired) electrons. The molecule has 0 aliphatic carbocycles. The lowest BCUT2D eigenvalue weighted by atomic mass is 9.82. The van der Waals surface area contributed by atoms with E-state index in [4.69, 9.17) is 11.6 Å². The van der Waals surface area contributed by atoms with Gasteiger partial charge in [0, 0.05) is 0 Å². The van der Waals surface area contributed by atoms with Crippen LogP contribution in [0.4, 0.5) is 0 Å². The molecule has 0 heterocycles. The van der Waals surface area contributed by atoms with Crippen molar-refractivity contribution in [3.63, 3.8) is 0 Å². The van der Waals surface area contributed by atoms with E-state index in [2.05, 4.69) is 58.9 Å². The van der Waals surface area contributed by atoms with Gasteiger partial charge in [-0.15, -0.1) is 11.6 Å². The van der Waals surface area contributed by atoms with E-state index in [9.17, 15) is 0 Å². The molecule has 1 aromatic rings. The maximum atomic E-state index is 6.56. The van der Waals surface area contributed by atoms with Crippen LogP contribution in [0.5, 0.6) is 0 Å². The Kier molecular flexibility index (Phi) is 5.06. The van der Waals surface area contributed by atoms with Gasteiger partial charge in [-0.1, -0.05) is 58.9 Å². The fraction of sp³-hybridized carbons (Fsp3) is 0.625. The molecular formula is C16H25Cl. The van der Waals surface area contributed by atoms with Crippen LogP contribution in [0.3, 0.4) is 0 Å². The molecule has 1 aromatic carbocycles. The molecule has 17 heavy (non-hydrogen) atoms. The minimum Gasteiger partial charge on any atom is -0.117 e. The van der Waals surface area contributed by atoms with Gasteiger partial charge in [0.2, 0.25) is 0 Å². The fourth-order valence-corrected chi connectivity index (χ4v) is 2.22. The van der Waals surface area contributed by atoms with E-state index < -0.39 is 0 Å². The lowest BCUT2D eigenvalue weighted by Gasteiger charge is -2.29. The first kappa shape index (κ1) is 14.6. The highest BCUT2D eigenvalue weighted by atomic mass is 35.5. The largest absolute Gasteiger partial charge is 0.117 e. The Morgan fingerprint density at radius 2 is 1.65 bits per heavy atom. The van der Waals surface area contributed by atoms with Gasteiger partial charge in [0.05, 0.1) is 5.38 Å². The minimum atomic E-state index is 0.0978. The third kappa shape index (κ3) is 4.03. The zero-order valence-corrected chi connectivity index (χ0v) is 12.5. The van der Waals surface area contributed by atoms with Gasteiger partial charge in [-0.25, -0.2) is 0 Å². The third-order valence-electron chi connectivity index (χ3n) is 3.51.